The van der Waals surface area contributed by atoms with Gasteiger partial charge in [-0.3, -0.25) is 4.79 Å². The molecule has 0 spiro atoms. The molecule has 3 aromatic rings. The van der Waals surface area contributed by atoms with Crippen LogP contribution in [0.3, 0.4) is 0 Å². The molecule has 0 unspecified atom stereocenters. The van der Waals surface area contributed by atoms with Gasteiger partial charge in [0.05, 0.1) is 19.9 Å². The number of hydrogen-bond acceptors (Lipinski definition) is 4. The summed E-state index contributed by atoms with van der Waals surface area (Å²) < 4.78 is 10.8. The summed E-state index contributed by atoms with van der Waals surface area (Å²) in [5, 5.41) is 0. The fraction of sp³-hybridized carbons (Fsp3) is 0.158. The van der Waals surface area contributed by atoms with Crippen LogP contribution in [0.4, 0.5) is 0 Å². The van der Waals surface area contributed by atoms with E-state index in [2.05, 4.69) is 9.97 Å². The molecule has 1 N–H and O–H groups in total. The molecular weight excluding hydrogens is 304 g/mol. The lowest BCUT2D eigenvalue weighted by molar-refractivity contribution is 0.352. The van der Waals surface area contributed by atoms with E-state index in [-0.39, 0.29) is 5.56 Å². The molecule has 0 amide bonds. The smallest absolute Gasteiger partial charge is 0.251 e. The van der Waals surface area contributed by atoms with E-state index in [0.717, 1.165) is 11.1 Å². The van der Waals surface area contributed by atoms with Crippen molar-refractivity contribution in [2.75, 3.05) is 14.2 Å². The van der Waals surface area contributed by atoms with Crippen LogP contribution in [0.25, 0.3) is 11.4 Å². The normalized spacial score (nSPS) is 10.4. The molecule has 3 rings (SSSR count). The number of aromatic nitrogens is 2. The predicted molar refractivity (Wildman–Crippen MR) is 92.6 cm³/mol. The Labute approximate surface area is 139 Å². The van der Waals surface area contributed by atoms with E-state index in [1.165, 1.54) is 6.07 Å². The van der Waals surface area contributed by atoms with E-state index in [1.54, 1.807) is 14.2 Å². The van der Waals surface area contributed by atoms with Crippen LogP contribution in [0.15, 0.2) is 59.4 Å². The lowest BCUT2D eigenvalue weighted by Crippen LogP contribution is -2.11. The van der Waals surface area contributed by atoms with Crippen LogP contribution in [0.2, 0.25) is 0 Å². The van der Waals surface area contributed by atoms with Crippen molar-refractivity contribution in [1.29, 1.82) is 0 Å². The van der Waals surface area contributed by atoms with Gasteiger partial charge in [0.25, 0.3) is 5.56 Å². The Kier molecular flexibility index (Phi) is 4.61. The quantitative estimate of drug-likeness (QED) is 0.784. The summed E-state index contributed by atoms with van der Waals surface area (Å²) in [4.78, 5) is 19.4. The number of nitrogens with one attached hydrogen (secondary N) is 1. The highest BCUT2D eigenvalue weighted by molar-refractivity contribution is 5.54. The second kappa shape index (κ2) is 7.00. The molecule has 24 heavy (non-hydrogen) atoms. The summed E-state index contributed by atoms with van der Waals surface area (Å²) in [6, 6.07) is 16.7. The topological polar surface area (TPSA) is 64.2 Å². The zero-order valence-electron chi connectivity index (χ0n) is 13.6. The zero-order chi connectivity index (χ0) is 16.9. The Bertz CT molecular complexity index is 889. The standard InChI is InChI=1S/C19H18N2O3/c1-23-16-10-6-9-14(18(16)24-2)11-15-12-17(22)21-19(20-15)13-7-4-3-5-8-13/h3-10,12H,11H2,1-2H3,(H,20,21,22). The van der Waals surface area contributed by atoms with E-state index < -0.39 is 0 Å². The van der Waals surface area contributed by atoms with E-state index in [4.69, 9.17) is 9.47 Å². The molecule has 122 valence electrons. The van der Waals surface area contributed by atoms with Crippen molar-refractivity contribution in [2.24, 2.45) is 0 Å². The number of rotatable bonds is 5. The molecule has 0 fully saturated rings. The number of nitrogens with zero attached hydrogens (tertiary/aromatic N) is 1. The SMILES string of the molecule is COc1cccc(Cc2cc(=O)[nH]c(-c3ccccc3)n2)c1OC. The summed E-state index contributed by atoms with van der Waals surface area (Å²) in [5.74, 6) is 1.87. The zero-order valence-corrected chi connectivity index (χ0v) is 13.6. The summed E-state index contributed by atoms with van der Waals surface area (Å²) in [6.45, 7) is 0. The first-order valence-electron chi connectivity index (χ1n) is 7.57. The van der Waals surface area contributed by atoms with Gasteiger partial charge in [0.1, 0.15) is 5.82 Å². The molecule has 0 saturated heterocycles. The van der Waals surface area contributed by atoms with Gasteiger partial charge in [0, 0.05) is 23.6 Å². The summed E-state index contributed by atoms with van der Waals surface area (Å²) in [6.07, 6.45) is 0.476. The van der Waals surface area contributed by atoms with Crippen molar-refractivity contribution in [1.82, 2.24) is 9.97 Å². The number of ether oxygens (including phenoxy) is 2. The molecule has 1 heterocycles. The monoisotopic (exact) mass is 322 g/mol. The predicted octanol–water partition coefficient (Wildman–Crippen LogP) is 3.04. The molecule has 0 saturated carbocycles. The van der Waals surface area contributed by atoms with Gasteiger partial charge in [-0.15, -0.1) is 0 Å². The molecule has 5 nitrogen and oxygen atoms in total. The van der Waals surface area contributed by atoms with Gasteiger partial charge in [0.15, 0.2) is 11.5 Å². The van der Waals surface area contributed by atoms with Gasteiger partial charge >= 0.3 is 0 Å². The number of benzene rings is 2. The van der Waals surface area contributed by atoms with E-state index in [1.807, 2.05) is 48.5 Å². The first kappa shape index (κ1) is 15.8. The third kappa shape index (κ3) is 3.30. The van der Waals surface area contributed by atoms with Gasteiger partial charge in [0.2, 0.25) is 0 Å². The Morgan fingerprint density at radius 1 is 1.00 bits per heavy atom. The molecule has 2 aromatic carbocycles. The van der Waals surface area contributed by atoms with Gasteiger partial charge in [-0.1, -0.05) is 42.5 Å². The van der Waals surface area contributed by atoms with E-state index >= 15 is 0 Å². The highest BCUT2D eigenvalue weighted by atomic mass is 16.5. The average molecular weight is 322 g/mol. The summed E-state index contributed by atoms with van der Waals surface area (Å²) in [5.41, 5.74) is 2.27. The van der Waals surface area contributed by atoms with Crippen molar-refractivity contribution in [2.45, 2.75) is 6.42 Å². The lowest BCUT2D eigenvalue weighted by atomic mass is 10.1. The molecule has 0 aliphatic carbocycles. The molecule has 0 aliphatic heterocycles. The highest BCUT2D eigenvalue weighted by Gasteiger charge is 2.12. The molecule has 0 atom stereocenters. The third-order valence-corrected chi connectivity index (χ3v) is 3.70. The first-order valence-corrected chi connectivity index (χ1v) is 7.57. The number of hydrogen-bond donors (Lipinski definition) is 1. The third-order valence-electron chi connectivity index (χ3n) is 3.70. The Balaban J connectivity index is 2.00. The Morgan fingerprint density at radius 2 is 1.79 bits per heavy atom. The Hall–Kier alpha value is -3.08. The highest BCUT2D eigenvalue weighted by Crippen LogP contribution is 2.31. The maximum atomic E-state index is 12.0. The minimum Gasteiger partial charge on any atom is -0.493 e. The molecule has 0 bridgehead atoms. The van der Waals surface area contributed by atoms with Crippen molar-refractivity contribution < 1.29 is 9.47 Å². The van der Waals surface area contributed by atoms with Crippen LogP contribution in [-0.2, 0) is 6.42 Å². The van der Waals surface area contributed by atoms with Crippen molar-refractivity contribution in [3.8, 4) is 22.9 Å². The minimum atomic E-state index is -0.180. The maximum Gasteiger partial charge on any atom is 0.251 e. The van der Waals surface area contributed by atoms with Crippen LogP contribution in [0.5, 0.6) is 11.5 Å². The Morgan fingerprint density at radius 3 is 2.50 bits per heavy atom. The van der Waals surface area contributed by atoms with Crippen LogP contribution in [-0.4, -0.2) is 24.2 Å². The molecular formula is C19H18N2O3. The van der Waals surface area contributed by atoms with Crippen LogP contribution in [0.1, 0.15) is 11.3 Å². The van der Waals surface area contributed by atoms with Crippen LogP contribution in [0, 0.1) is 0 Å². The fourth-order valence-corrected chi connectivity index (χ4v) is 2.62. The number of H-pyrrole nitrogens is 1. The average Bonchev–Trinajstić information content (AvgIpc) is 2.61. The molecule has 1 aromatic heterocycles. The largest absolute Gasteiger partial charge is 0.493 e. The molecule has 0 aliphatic rings. The van der Waals surface area contributed by atoms with E-state index in [0.29, 0.717) is 29.4 Å². The van der Waals surface area contributed by atoms with E-state index in [9.17, 15) is 4.79 Å². The summed E-state index contributed by atoms with van der Waals surface area (Å²) >= 11 is 0. The second-order valence-corrected chi connectivity index (χ2v) is 5.28. The van der Waals surface area contributed by atoms with Crippen molar-refractivity contribution >= 4 is 0 Å². The maximum absolute atomic E-state index is 12.0. The second-order valence-electron chi connectivity index (χ2n) is 5.28. The van der Waals surface area contributed by atoms with Crippen molar-refractivity contribution in [3.63, 3.8) is 0 Å². The fourth-order valence-electron chi connectivity index (χ4n) is 2.62. The van der Waals surface area contributed by atoms with Gasteiger partial charge < -0.3 is 14.5 Å². The van der Waals surface area contributed by atoms with Crippen molar-refractivity contribution in [3.05, 3.63) is 76.2 Å². The van der Waals surface area contributed by atoms with Gasteiger partial charge in [-0.05, 0) is 6.07 Å². The minimum absolute atomic E-state index is 0.180. The van der Waals surface area contributed by atoms with Crippen LogP contribution < -0.4 is 15.0 Å². The molecule has 5 heteroatoms. The van der Waals surface area contributed by atoms with Gasteiger partial charge in [-0.2, -0.15) is 0 Å². The first-order chi connectivity index (χ1) is 11.7. The number of methoxy groups -OCH3 is 2. The number of aromatic amines is 1. The van der Waals surface area contributed by atoms with Crippen LogP contribution >= 0.6 is 0 Å². The number of para-hydroxylation sites is 1. The summed E-state index contributed by atoms with van der Waals surface area (Å²) in [7, 11) is 3.20. The van der Waals surface area contributed by atoms with Gasteiger partial charge in [-0.25, -0.2) is 4.98 Å². The molecule has 0 radical (unpaired) electrons. The lowest BCUT2D eigenvalue weighted by Gasteiger charge is -2.12.